The highest BCUT2D eigenvalue weighted by molar-refractivity contribution is 5.17. The Kier molecular flexibility index (Phi) is 3.81. The molecule has 1 atom stereocenters. The van der Waals surface area contributed by atoms with E-state index in [0.29, 0.717) is 0 Å². The van der Waals surface area contributed by atoms with Crippen LogP contribution in [0, 0.1) is 0 Å². The predicted octanol–water partition coefficient (Wildman–Crippen LogP) is 1.57. The van der Waals surface area contributed by atoms with Gasteiger partial charge in [0.15, 0.2) is 0 Å². The van der Waals surface area contributed by atoms with Gasteiger partial charge < -0.3 is 5.32 Å². The number of nitrogens with one attached hydrogen (secondary N) is 1. The van der Waals surface area contributed by atoms with E-state index in [1.807, 2.05) is 35.7 Å². The normalized spacial score (nSPS) is 12.9. The van der Waals surface area contributed by atoms with Gasteiger partial charge in [0, 0.05) is 44.6 Å². The highest BCUT2D eigenvalue weighted by Crippen LogP contribution is 2.13. The average Bonchev–Trinajstić information content (AvgIpc) is 2.92. The molecule has 0 fully saturated rings. The second-order valence-electron chi connectivity index (χ2n) is 4.61. The highest BCUT2D eigenvalue weighted by atomic mass is 15.3. The first kappa shape index (κ1) is 12.8. The molecule has 0 aliphatic heterocycles. The Bertz CT molecular complexity index is 511. The van der Waals surface area contributed by atoms with E-state index >= 15 is 0 Å². The van der Waals surface area contributed by atoms with Gasteiger partial charge in [-0.1, -0.05) is 6.92 Å². The minimum absolute atomic E-state index is 0.280. The van der Waals surface area contributed by atoms with Gasteiger partial charge in [-0.3, -0.25) is 9.36 Å². The smallest absolute Gasteiger partial charge is 0.0666 e. The maximum atomic E-state index is 4.45. The van der Waals surface area contributed by atoms with Crippen molar-refractivity contribution in [2.45, 2.75) is 32.9 Å². The van der Waals surface area contributed by atoms with Gasteiger partial charge >= 0.3 is 0 Å². The number of hydrogen-bond donors (Lipinski definition) is 1. The lowest BCUT2D eigenvalue weighted by Crippen LogP contribution is -2.20. The molecule has 0 radical (unpaired) electrons. The number of aromatic nitrogens is 4. The summed E-state index contributed by atoms with van der Waals surface area (Å²) in [6.07, 6.45) is 4.88. The van der Waals surface area contributed by atoms with Crippen LogP contribution in [0.4, 0.5) is 0 Å². The summed E-state index contributed by atoms with van der Waals surface area (Å²) in [5.74, 6) is 0. The van der Waals surface area contributed by atoms with Gasteiger partial charge in [0.25, 0.3) is 0 Å². The molecule has 98 valence electrons. The Morgan fingerprint density at radius 2 is 2.17 bits per heavy atom. The molecule has 2 heterocycles. The summed E-state index contributed by atoms with van der Waals surface area (Å²) in [6.45, 7) is 5.12. The molecule has 0 aliphatic carbocycles. The van der Waals surface area contributed by atoms with Gasteiger partial charge in [-0.15, -0.1) is 0 Å². The number of nitrogens with zero attached hydrogens (tertiary/aromatic N) is 4. The van der Waals surface area contributed by atoms with Crippen LogP contribution < -0.4 is 5.32 Å². The van der Waals surface area contributed by atoms with Crippen LogP contribution >= 0.6 is 0 Å². The second-order valence-corrected chi connectivity index (χ2v) is 4.61. The van der Waals surface area contributed by atoms with Crippen molar-refractivity contribution < 1.29 is 0 Å². The molecular formula is C13H21N5. The Morgan fingerprint density at radius 3 is 2.78 bits per heavy atom. The summed E-state index contributed by atoms with van der Waals surface area (Å²) in [7, 11) is 3.93. The third-order valence-electron chi connectivity index (χ3n) is 3.23. The summed E-state index contributed by atoms with van der Waals surface area (Å²) < 4.78 is 3.78. The van der Waals surface area contributed by atoms with E-state index in [2.05, 4.69) is 35.6 Å². The summed E-state index contributed by atoms with van der Waals surface area (Å²) in [4.78, 5) is 0. The van der Waals surface area contributed by atoms with Gasteiger partial charge in [-0.2, -0.15) is 10.2 Å². The lowest BCUT2D eigenvalue weighted by atomic mass is 10.2. The van der Waals surface area contributed by atoms with Crippen LogP contribution in [0.1, 0.15) is 36.8 Å². The number of rotatable bonds is 5. The quantitative estimate of drug-likeness (QED) is 0.872. The summed E-state index contributed by atoms with van der Waals surface area (Å²) >= 11 is 0. The van der Waals surface area contributed by atoms with E-state index in [1.165, 1.54) is 17.0 Å². The van der Waals surface area contributed by atoms with Crippen LogP contribution in [0.5, 0.6) is 0 Å². The largest absolute Gasteiger partial charge is 0.305 e. The van der Waals surface area contributed by atoms with Crippen molar-refractivity contribution in [3.63, 3.8) is 0 Å². The topological polar surface area (TPSA) is 47.7 Å². The monoisotopic (exact) mass is 247 g/mol. The molecule has 0 saturated carbocycles. The van der Waals surface area contributed by atoms with Crippen LogP contribution in [0.15, 0.2) is 18.5 Å². The van der Waals surface area contributed by atoms with Crippen molar-refractivity contribution in [2.75, 3.05) is 0 Å². The van der Waals surface area contributed by atoms with Gasteiger partial charge in [0.2, 0.25) is 0 Å². The van der Waals surface area contributed by atoms with Gasteiger partial charge in [0.05, 0.1) is 11.4 Å². The van der Waals surface area contributed by atoms with E-state index in [9.17, 15) is 0 Å². The summed E-state index contributed by atoms with van der Waals surface area (Å²) in [6, 6.07) is 2.32. The lowest BCUT2D eigenvalue weighted by molar-refractivity contribution is 0.528. The second kappa shape index (κ2) is 5.35. The minimum Gasteiger partial charge on any atom is -0.305 e. The van der Waals surface area contributed by atoms with Crippen molar-refractivity contribution >= 4 is 0 Å². The Labute approximate surface area is 108 Å². The fourth-order valence-electron chi connectivity index (χ4n) is 2.21. The number of aryl methyl sites for hydroxylation is 3. The zero-order chi connectivity index (χ0) is 13.1. The van der Waals surface area contributed by atoms with Crippen LogP contribution in [0.25, 0.3) is 0 Å². The lowest BCUT2D eigenvalue weighted by Gasteiger charge is -2.13. The molecule has 0 bridgehead atoms. The molecule has 1 N–H and O–H groups in total. The number of hydrogen-bond acceptors (Lipinski definition) is 3. The molecule has 0 aromatic carbocycles. The molecule has 5 heteroatoms. The Balaban J connectivity index is 2.01. The standard InChI is InChI=1S/C13H21N5/c1-5-12-11(9-17(3)16-12)8-14-10(2)13-6-7-15-18(13)4/h6-7,9-10,14H,5,8H2,1-4H3. The molecule has 2 rings (SSSR count). The minimum atomic E-state index is 0.280. The van der Waals surface area contributed by atoms with Crippen LogP contribution in [-0.4, -0.2) is 19.6 Å². The molecule has 0 amide bonds. The molecule has 0 aliphatic rings. The maximum Gasteiger partial charge on any atom is 0.0666 e. The first-order valence-electron chi connectivity index (χ1n) is 6.34. The zero-order valence-electron chi connectivity index (χ0n) is 11.5. The van der Waals surface area contributed by atoms with E-state index in [1.54, 1.807) is 0 Å². The fraction of sp³-hybridized carbons (Fsp3) is 0.538. The summed E-state index contributed by atoms with van der Waals surface area (Å²) in [5.41, 5.74) is 3.63. The van der Waals surface area contributed by atoms with E-state index in [-0.39, 0.29) is 6.04 Å². The fourth-order valence-corrected chi connectivity index (χ4v) is 2.21. The van der Waals surface area contributed by atoms with E-state index < -0.39 is 0 Å². The molecule has 0 saturated heterocycles. The van der Waals surface area contributed by atoms with Crippen LogP contribution in [0.2, 0.25) is 0 Å². The molecule has 2 aromatic heterocycles. The van der Waals surface area contributed by atoms with Crippen molar-refractivity contribution in [3.05, 3.63) is 35.4 Å². The Hall–Kier alpha value is -1.62. The van der Waals surface area contributed by atoms with E-state index in [4.69, 9.17) is 0 Å². The van der Waals surface area contributed by atoms with Crippen molar-refractivity contribution in [1.82, 2.24) is 24.9 Å². The molecule has 0 spiro atoms. The van der Waals surface area contributed by atoms with E-state index in [0.717, 1.165) is 13.0 Å². The van der Waals surface area contributed by atoms with Crippen molar-refractivity contribution in [1.29, 1.82) is 0 Å². The van der Waals surface area contributed by atoms with Crippen molar-refractivity contribution in [2.24, 2.45) is 14.1 Å². The van der Waals surface area contributed by atoms with Crippen molar-refractivity contribution in [3.8, 4) is 0 Å². The first-order chi connectivity index (χ1) is 8.61. The third-order valence-corrected chi connectivity index (χ3v) is 3.23. The maximum absolute atomic E-state index is 4.45. The molecule has 18 heavy (non-hydrogen) atoms. The van der Waals surface area contributed by atoms with Crippen LogP contribution in [-0.2, 0) is 27.1 Å². The van der Waals surface area contributed by atoms with Gasteiger partial charge in [0.1, 0.15) is 0 Å². The van der Waals surface area contributed by atoms with Gasteiger partial charge in [-0.05, 0) is 19.4 Å². The SMILES string of the molecule is CCc1nn(C)cc1CNC(C)c1ccnn1C. The molecule has 2 aromatic rings. The Morgan fingerprint density at radius 1 is 1.39 bits per heavy atom. The molecule has 5 nitrogen and oxygen atoms in total. The third kappa shape index (κ3) is 2.61. The predicted molar refractivity (Wildman–Crippen MR) is 71.0 cm³/mol. The summed E-state index contributed by atoms with van der Waals surface area (Å²) in [5, 5.41) is 12.2. The zero-order valence-corrected chi connectivity index (χ0v) is 11.5. The average molecular weight is 247 g/mol. The molecule has 1 unspecified atom stereocenters. The van der Waals surface area contributed by atoms with Gasteiger partial charge in [-0.25, -0.2) is 0 Å². The molecular weight excluding hydrogens is 226 g/mol. The highest BCUT2D eigenvalue weighted by Gasteiger charge is 2.11. The first-order valence-corrected chi connectivity index (χ1v) is 6.34. The van der Waals surface area contributed by atoms with Crippen LogP contribution in [0.3, 0.4) is 0 Å².